The van der Waals surface area contributed by atoms with Crippen LogP contribution in [-0.4, -0.2) is 35.7 Å². The minimum atomic E-state index is -0.998. The van der Waals surface area contributed by atoms with Gasteiger partial charge in [0.2, 0.25) is 0 Å². The molecule has 18 heavy (non-hydrogen) atoms. The maximum Gasteiger partial charge on any atom is 0.130 e. The predicted molar refractivity (Wildman–Crippen MR) is 69.4 cm³/mol. The normalized spacial score (nSPS) is 20.1. The van der Waals surface area contributed by atoms with Crippen molar-refractivity contribution in [2.75, 3.05) is 20.1 Å². The van der Waals surface area contributed by atoms with E-state index in [9.17, 15) is 13.9 Å². The number of aliphatic hydroxyl groups is 1. The molecule has 1 saturated heterocycles. The third-order valence-corrected chi connectivity index (χ3v) is 3.99. The smallest absolute Gasteiger partial charge is 0.130 e. The molecule has 1 aromatic rings. The average molecular weight is 320 g/mol. The lowest BCUT2D eigenvalue weighted by Gasteiger charge is -2.36. The molecular formula is C13H16BrF2NO. The third-order valence-electron chi connectivity index (χ3n) is 3.53. The van der Waals surface area contributed by atoms with Crippen molar-refractivity contribution in [1.82, 2.24) is 4.90 Å². The van der Waals surface area contributed by atoms with Crippen molar-refractivity contribution >= 4 is 15.9 Å². The van der Waals surface area contributed by atoms with Crippen LogP contribution in [0.3, 0.4) is 0 Å². The molecule has 1 N–H and O–H groups in total. The molecule has 2 rings (SSSR count). The van der Waals surface area contributed by atoms with Gasteiger partial charge in [0.15, 0.2) is 0 Å². The second kappa shape index (κ2) is 5.23. The van der Waals surface area contributed by atoms with Crippen molar-refractivity contribution < 1.29 is 13.9 Å². The van der Waals surface area contributed by atoms with Crippen molar-refractivity contribution in [3.63, 3.8) is 0 Å². The van der Waals surface area contributed by atoms with E-state index in [1.165, 1.54) is 12.1 Å². The minimum Gasteiger partial charge on any atom is -0.389 e. The van der Waals surface area contributed by atoms with Gasteiger partial charge in [0.1, 0.15) is 11.6 Å². The Labute approximate surface area is 114 Å². The Hall–Kier alpha value is -0.520. The summed E-state index contributed by atoms with van der Waals surface area (Å²) in [6, 6.07) is 2.47. The van der Waals surface area contributed by atoms with Crippen LogP contribution in [0.5, 0.6) is 0 Å². The average Bonchev–Trinajstić information content (AvgIpc) is 2.28. The first-order valence-corrected chi connectivity index (χ1v) is 6.73. The quantitative estimate of drug-likeness (QED) is 0.906. The van der Waals surface area contributed by atoms with Gasteiger partial charge in [-0.25, -0.2) is 8.78 Å². The summed E-state index contributed by atoms with van der Waals surface area (Å²) in [6.07, 6.45) is 1.11. The van der Waals surface area contributed by atoms with E-state index in [1.807, 2.05) is 7.05 Å². The van der Waals surface area contributed by atoms with Crippen LogP contribution in [-0.2, 0) is 6.42 Å². The molecule has 0 bridgehead atoms. The highest BCUT2D eigenvalue weighted by molar-refractivity contribution is 9.10. The number of halogens is 3. The fraction of sp³-hybridized carbons (Fsp3) is 0.538. The molecule has 0 aliphatic carbocycles. The number of nitrogens with zero attached hydrogens (tertiary/aromatic N) is 1. The van der Waals surface area contributed by atoms with Gasteiger partial charge in [-0.15, -0.1) is 0 Å². The minimum absolute atomic E-state index is 0.0229. The molecular weight excluding hydrogens is 304 g/mol. The van der Waals surface area contributed by atoms with Crippen LogP contribution < -0.4 is 0 Å². The molecule has 5 heteroatoms. The summed E-state index contributed by atoms with van der Waals surface area (Å²) >= 11 is 3.04. The van der Waals surface area contributed by atoms with Crippen LogP contribution in [0.15, 0.2) is 16.6 Å². The lowest BCUT2D eigenvalue weighted by molar-refractivity contribution is -0.0162. The van der Waals surface area contributed by atoms with Crippen molar-refractivity contribution in [1.29, 1.82) is 0 Å². The molecule has 0 aromatic heterocycles. The fourth-order valence-electron chi connectivity index (χ4n) is 2.28. The summed E-state index contributed by atoms with van der Waals surface area (Å²) in [5.41, 5.74) is -1.02. The van der Waals surface area contributed by atoms with Crippen LogP contribution in [0, 0.1) is 11.6 Å². The van der Waals surface area contributed by atoms with Crippen LogP contribution in [0.1, 0.15) is 18.4 Å². The van der Waals surface area contributed by atoms with Crippen LogP contribution in [0.4, 0.5) is 8.78 Å². The number of likely N-dealkylation sites (tertiary alicyclic amines) is 1. The van der Waals surface area contributed by atoms with E-state index >= 15 is 0 Å². The summed E-state index contributed by atoms with van der Waals surface area (Å²) < 4.78 is 27.8. The molecule has 100 valence electrons. The third kappa shape index (κ3) is 3.08. The first-order valence-electron chi connectivity index (χ1n) is 5.94. The SMILES string of the molecule is CN1CCC(O)(Cc2c(F)cc(Br)cc2F)CC1. The highest BCUT2D eigenvalue weighted by atomic mass is 79.9. The van der Waals surface area contributed by atoms with Crippen molar-refractivity contribution in [2.45, 2.75) is 24.9 Å². The molecule has 1 aliphatic heterocycles. The number of benzene rings is 1. The van der Waals surface area contributed by atoms with Crippen molar-refractivity contribution in [2.24, 2.45) is 0 Å². The van der Waals surface area contributed by atoms with Gasteiger partial charge in [0.05, 0.1) is 5.60 Å². The zero-order valence-corrected chi connectivity index (χ0v) is 11.8. The lowest BCUT2D eigenvalue weighted by atomic mass is 9.85. The van der Waals surface area contributed by atoms with Gasteiger partial charge in [-0.05, 0) is 32.0 Å². The Balaban J connectivity index is 2.19. The summed E-state index contributed by atoms with van der Waals surface area (Å²) in [4.78, 5) is 2.10. The molecule has 0 radical (unpaired) electrons. The van der Waals surface area contributed by atoms with E-state index in [0.29, 0.717) is 17.3 Å². The summed E-state index contributed by atoms with van der Waals surface area (Å²) in [5.74, 6) is -1.21. The molecule has 0 atom stereocenters. The molecule has 0 unspecified atom stereocenters. The van der Waals surface area contributed by atoms with Crippen LogP contribution in [0.25, 0.3) is 0 Å². The van der Waals surface area contributed by atoms with E-state index in [2.05, 4.69) is 20.8 Å². The number of hydrogen-bond acceptors (Lipinski definition) is 2. The van der Waals surface area contributed by atoms with E-state index in [0.717, 1.165) is 13.1 Å². The standard InChI is InChI=1S/C13H16BrF2NO/c1-17-4-2-13(18,3-5-17)8-10-11(15)6-9(14)7-12(10)16/h6-7,18H,2-5,8H2,1H3. The molecule has 2 nitrogen and oxygen atoms in total. The highest BCUT2D eigenvalue weighted by Gasteiger charge is 2.33. The molecule has 1 aliphatic rings. The van der Waals surface area contributed by atoms with E-state index in [-0.39, 0.29) is 12.0 Å². The Kier molecular flexibility index (Phi) is 4.04. The topological polar surface area (TPSA) is 23.5 Å². The van der Waals surface area contributed by atoms with E-state index < -0.39 is 17.2 Å². The molecule has 1 aromatic carbocycles. The van der Waals surface area contributed by atoms with Gasteiger partial charge in [0.25, 0.3) is 0 Å². The summed E-state index contributed by atoms with van der Waals surface area (Å²) in [6.45, 7) is 1.49. The van der Waals surface area contributed by atoms with E-state index in [4.69, 9.17) is 0 Å². The monoisotopic (exact) mass is 319 g/mol. The van der Waals surface area contributed by atoms with Crippen molar-refractivity contribution in [3.8, 4) is 0 Å². The van der Waals surface area contributed by atoms with Gasteiger partial charge in [0, 0.05) is 29.5 Å². The maximum absolute atomic E-state index is 13.7. The first kappa shape index (κ1) is 13.9. The number of rotatable bonds is 2. The van der Waals surface area contributed by atoms with Gasteiger partial charge in [-0.1, -0.05) is 15.9 Å². The Bertz CT molecular complexity index is 422. The predicted octanol–water partition coefficient (Wildman–Crippen LogP) is 2.73. The van der Waals surface area contributed by atoms with Crippen molar-refractivity contribution in [3.05, 3.63) is 33.8 Å². The molecule has 1 heterocycles. The Morgan fingerprint density at radius 1 is 1.28 bits per heavy atom. The number of hydrogen-bond donors (Lipinski definition) is 1. The van der Waals surface area contributed by atoms with Gasteiger partial charge in [-0.2, -0.15) is 0 Å². The number of piperidine rings is 1. The summed E-state index contributed by atoms with van der Waals surface area (Å²) in [5, 5.41) is 10.4. The first-order chi connectivity index (χ1) is 8.39. The fourth-order valence-corrected chi connectivity index (χ4v) is 2.68. The zero-order chi connectivity index (χ0) is 13.3. The second-order valence-corrected chi connectivity index (χ2v) is 5.97. The van der Waals surface area contributed by atoms with Gasteiger partial charge in [-0.3, -0.25) is 0 Å². The van der Waals surface area contributed by atoms with Gasteiger partial charge < -0.3 is 10.0 Å². The highest BCUT2D eigenvalue weighted by Crippen LogP contribution is 2.29. The molecule has 0 spiro atoms. The second-order valence-electron chi connectivity index (χ2n) is 5.05. The van der Waals surface area contributed by atoms with Crippen LogP contribution in [0.2, 0.25) is 0 Å². The molecule has 1 fully saturated rings. The lowest BCUT2D eigenvalue weighted by Crippen LogP contribution is -2.44. The van der Waals surface area contributed by atoms with Gasteiger partial charge >= 0.3 is 0 Å². The zero-order valence-electron chi connectivity index (χ0n) is 10.2. The van der Waals surface area contributed by atoms with E-state index in [1.54, 1.807) is 0 Å². The Morgan fingerprint density at radius 3 is 2.28 bits per heavy atom. The maximum atomic E-state index is 13.7. The summed E-state index contributed by atoms with van der Waals surface area (Å²) in [7, 11) is 1.97. The largest absolute Gasteiger partial charge is 0.389 e. The molecule has 0 saturated carbocycles. The van der Waals surface area contributed by atoms with Crippen LogP contribution >= 0.6 is 15.9 Å². The molecule has 0 amide bonds. The Morgan fingerprint density at radius 2 is 1.78 bits per heavy atom.